The van der Waals surface area contributed by atoms with Gasteiger partial charge in [0.15, 0.2) is 5.65 Å². The van der Waals surface area contributed by atoms with Crippen LogP contribution in [0.25, 0.3) is 22.6 Å². The number of ether oxygens (including phenoxy) is 1. The van der Waals surface area contributed by atoms with Crippen molar-refractivity contribution in [1.82, 2.24) is 15.0 Å². The molecule has 3 rings (SSSR count). The van der Waals surface area contributed by atoms with Gasteiger partial charge in [0.05, 0.1) is 17.7 Å². The highest BCUT2D eigenvalue weighted by molar-refractivity contribution is 5.78. The summed E-state index contributed by atoms with van der Waals surface area (Å²) in [6.45, 7) is 4.62. The average molecular weight is 253 g/mol. The van der Waals surface area contributed by atoms with Crippen molar-refractivity contribution in [1.29, 1.82) is 0 Å². The normalized spacial score (nSPS) is 10.8. The molecule has 2 aromatic heterocycles. The highest BCUT2D eigenvalue weighted by Crippen LogP contribution is 2.28. The third kappa shape index (κ3) is 2.17. The zero-order chi connectivity index (χ0) is 13.2. The number of nitrogens with zero attached hydrogens (tertiary/aromatic N) is 2. The molecule has 0 aliphatic heterocycles. The van der Waals surface area contributed by atoms with Gasteiger partial charge < -0.3 is 9.72 Å². The van der Waals surface area contributed by atoms with Gasteiger partial charge in [0.1, 0.15) is 11.6 Å². The van der Waals surface area contributed by atoms with E-state index in [9.17, 15) is 0 Å². The summed E-state index contributed by atoms with van der Waals surface area (Å²) in [5.41, 5.74) is 3.74. The first-order valence-electron chi connectivity index (χ1n) is 6.32. The molecule has 3 aromatic rings. The summed E-state index contributed by atoms with van der Waals surface area (Å²) in [6, 6.07) is 9.92. The smallest absolute Gasteiger partial charge is 0.178 e. The van der Waals surface area contributed by atoms with Crippen LogP contribution in [0.15, 0.2) is 36.5 Å². The fourth-order valence-corrected chi connectivity index (χ4v) is 2.08. The Hall–Kier alpha value is -2.36. The number of aryl methyl sites for hydroxylation is 1. The molecule has 0 fully saturated rings. The second kappa shape index (κ2) is 4.72. The summed E-state index contributed by atoms with van der Waals surface area (Å²) in [5, 5.41) is 0. The van der Waals surface area contributed by atoms with Gasteiger partial charge in [-0.15, -0.1) is 0 Å². The summed E-state index contributed by atoms with van der Waals surface area (Å²) in [5.74, 6) is 1.62. The van der Waals surface area contributed by atoms with Crippen molar-refractivity contribution in [3.05, 3.63) is 42.1 Å². The lowest BCUT2D eigenvalue weighted by Gasteiger charge is -2.07. The zero-order valence-electron chi connectivity index (χ0n) is 11.0. The van der Waals surface area contributed by atoms with E-state index < -0.39 is 0 Å². The maximum absolute atomic E-state index is 5.63. The SMILES string of the molecule is CCOc1ccccc1-c1nc2ncc(C)cc2[nH]1. The number of H-pyrrole nitrogens is 1. The van der Waals surface area contributed by atoms with Crippen LogP contribution in [0.2, 0.25) is 0 Å². The summed E-state index contributed by atoms with van der Waals surface area (Å²) < 4.78 is 5.63. The quantitative estimate of drug-likeness (QED) is 0.779. The minimum Gasteiger partial charge on any atom is -0.493 e. The van der Waals surface area contributed by atoms with Crippen molar-refractivity contribution in [2.75, 3.05) is 6.61 Å². The Kier molecular flexibility index (Phi) is 2.91. The average Bonchev–Trinajstić information content (AvgIpc) is 2.82. The Bertz CT molecular complexity index is 718. The minimum absolute atomic E-state index is 0.634. The molecule has 19 heavy (non-hydrogen) atoms. The molecule has 0 amide bonds. The van der Waals surface area contributed by atoms with Crippen molar-refractivity contribution < 1.29 is 4.74 Å². The fourth-order valence-electron chi connectivity index (χ4n) is 2.08. The van der Waals surface area contributed by atoms with Crippen LogP contribution in [0, 0.1) is 6.92 Å². The number of para-hydroxylation sites is 1. The number of benzene rings is 1. The summed E-state index contributed by atoms with van der Waals surface area (Å²) in [6.07, 6.45) is 1.82. The van der Waals surface area contributed by atoms with Crippen LogP contribution < -0.4 is 4.74 Å². The van der Waals surface area contributed by atoms with E-state index in [0.29, 0.717) is 6.61 Å². The van der Waals surface area contributed by atoms with E-state index in [0.717, 1.165) is 33.9 Å². The number of aromatic amines is 1. The second-order valence-electron chi connectivity index (χ2n) is 4.40. The standard InChI is InChI=1S/C15H15N3O/c1-3-19-13-7-5-4-6-11(13)14-17-12-8-10(2)9-16-15(12)18-14/h4-9H,3H2,1-2H3,(H,16,17,18). The number of rotatable bonds is 3. The Labute approximate surface area is 111 Å². The molecule has 0 saturated heterocycles. The molecule has 2 heterocycles. The molecule has 1 N–H and O–H groups in total. The molecule has 1 aromatic carbocycles. The van der Waals surface area contributed by atoms with E-state index in [1.165, 1.54) is 0 Å². The molecular weight excluding hydrogens is 238 g/mol. The molecule has 0 unspecified atom stereocenters. The first-order valence-corrected chi connectivity index (χ1v) is 6.32. The topological polar surface area (TPSA) is 50.8 Å². The molecule has 4 nitrogen and oxygen atoms in total. The number of fused-ring (bicyclic) bond motifs is 1. The van der Waals surface area contributed by atoms with E-state index in [4.69, 9.17) is 4.74 Å². The molecule has 0 aliphatic rings. The molecule has 96 valence electrons. The molecule has 0 radical (unpaired) electrons. The van der Waals surface area contributed by atoms with Gasteiger partial charge in [-0.05, 0) is 37.6 Å². The van der Waals surface area contributed by atoms with Crippen molar-refractivity contribution >= 4 is 11.2 Å². The van der Waals surface area contributed by atoms with E-state index >= 15 is 0 Å². The summed E-state index contributed by atoms with van der Waals surface area (Å²) >= 11 is 0. The van der Waals surface area contributed by atoms with Gasteiger partial charge in [0, 0.05) is 6.20 Å². The van der Waals surface area contributed by atoms with E-state index in [2.05, 4.69) is 15.0 Å². The predicted molar refractivity (Wildman–Crippen MR) is 75.2 cm³/mol. The Morgan fingerprint density at radius 1 is 1.26 bits per heavy atom. The van der Waals surface area contributed by atoms with Crippen LogP contribution in [0.4, 0.5) is 0 Å². The number of nitrogens with one attached hydrogen (secondary N) is 1. The second-order valence-corrected chi connectivity index (χ2v) is 4.40. The fraction of sp³-hybridized carbons (Fsp3) is 0.200. The van der Waals surface area contributed by atoms with Crippen LogP contribution in [-0.2, 0) is 0 Å². The molecular formula is C15H15N3O. The van der Waals surface area contributed by atoms with Gasteiger partial charge >= 0.3 is 0 Å². The number of aromatic nitrogens is 3. The lowest BCUT2D eigenvalue weighted by Crippen LogP contribution is -1.94. The summed E-state index contributed by atoms with van der Waals surface area (Å²) in [7, 11) is 0. The van der Waals surface area contributed by atoms with Crippen molar-refractivity contribution in [3.8, 4) is 17.1 Å². The number of pyridine rings is 1. The van der Waals surface area contributed by atoms with Crippen LogP contribution in [0.1, 0.15) is 12.5 Å². The maximum Gasteiger partial charge on any atom is 0.178 e. The largest absolute Gasteiger partial charge is 0.493 e. The Morgan fingerprint density at radius 3 is 2.95 bits per heavy atom. The monoisotopic (exact) mass is 253 g/mol. The number of hydrogen-bond donors (Lipinski definition) is 1. The highest BCUT2D eigenvalue weighted by Gasteiger charge is 2.10. The van der Waals surface area contributed by atoms with Gasteiger partial charge in [0.2, 0.25) is 0 Å². The van der Waals surface area contributed by atoms with Crippen molar-refractivity contribution in [3.63, 3.8) is 0 Å². The minimum atomic E-state index is 0.634. The van der Waals surface area contributed by atoms with Crippen LogP contribution >= 0.6 is 0 Å². The van der Waals surface area contributed by atoms with Gasteiger partial charge in [-0.25, -0.2) is 9.97 Å². The van der Waals surface area contributed by atoms with Gasteiger partial charge in [-0.2, -0.15) is 0 Å². The third-order valence-corrected chi connectivity index (χ3v) is 2.92. The maximum atomic E-state index is 5.63. The number of hydrogen-bond acceptors (Lipinski definition) is 3. The lowest BCUT2D eigenvalue weighted by atomic mass is 10.2. The molecule has 0 bridgehead atoms. The third-order valence-electron chi connectivity index (χ3n) is 2.92. The Balaban J connectivity index is 2.13. The first-order chi connectivity index (χ1) is 9.28. The molecule has 0 atom stereocenters. The van der Waals surface area contributed by atoms with Crippen LogP contribution in [0.5, 0.6) is 5.75 Å². The highest BCUT2D eigenvalue weighted by atomic mass is 16.5. The van der Waals surface area contributed by atoms with Gasteiger partial charge in [-0.1, -0.05) is 12.1 Å². The van der Waals surface area contributed by atoms with E-state index in [1.807, 2.05) is 50.4 Å². The van der Waals surface area contributed by atoms with Gasteiger partial charge in [0.25, 0.3) is 0 Å². The van der Waals surface area contributed by atoms with Gasteiger partial charge in [-0.3, -0.25) is 0 Å². The number of imidazole rings is 1. The van der Waals surface area contributed by atoms with Crippen LogP contribution in [-0.4, -0.2) is 21.6 Å². The van der Waals surface area contributed by atoms with Crippen LogP contribution in [0.3, 0.4) is 0 Å². The molecule has 0 aliphatic carbocycles. The first kappa shape index (κ1) is 11.7. The Morgan fingerprint density at radius 2 is 2.11 bits per heavy atom. The van der Waals surface area contributed by atoms with E-state index in [-0.39, 0.29) is 0 Å². The van der Waals surface area contributed by atoms with Crippen molar-refractivity contribution in [2.45, 2.75) is 13.8 Å². The zero-order valence-corrected chi connectivity index (χ0v) is 11.0. The predicted octanol–water partition coefficient (Wildman–Crippen LogP) is 3.33. The van der Waals surface area contributed by atoms with E-state index in [1.54, 1.807) is 0 Å². The molecule has 0 saturated carbocycles. The molecule has 0 spiro atoms. The molecule has 4 heteroatoms. The summed E-state index contributed by atoms with van der Waals surface area (Å²) in [4.78, 5) is 12.1. The lowest BCUT2D eigenvalue weighted by molar-refractivity contribution is 0.341. The van der Waals surface area contributed by atoms with Crippen molar-refractivity contribution in [2.24, 2.45) is 0 Å².